The second-order valence-electron chi connectivity index (χ2n) is 5.25. The molecule has 0 aliphatic carbocycles. The van der Waals surface area contributed by atoms with Crippen LogP contribution in [-0.2, 0) is 14.3 Å². The fourth-order valence-corrected chi connectivity index (χ4v) is 2.33. The van der Waals surface area contributed by atoms with Crippen molar-refractivity contribution in [3.8, 4) is 0 Å². The Bertz CT molecular complexity index is 357. The molecule has 20 heavy (non-hydrogen) atoms. The van der Waals surface area contributed by atoms with Crippen LogP contribution in [-0.4, -0.2) is 24.8 Å². The van der Waals surface area contributed by atoms with Crippen LogP contribution in [0.4, 0.5) is 0 Å². The summed E-state index contributed by atoms with van der Waals surface area (Å²) in [4.78, 5) is 11.5. The number of hydrogen-bond donors (Lipinski definition) is 0. The largest absolute Gasteiger partial charge is 0.463 e. The molecule has 3 nitrogen and oxygen atoms in total. The van der Waals surface area contributed by atoms with Gasteiger partial charge in [0.1, 0.15) is 6.10 Å². The van der Waals surface area contributed by atoms with Crippen molar-refractivity contribution >= 4 is 5.97 Å². The van der Waals surface area contributed by atoms with Crippen molar-refractivity contribution < 1.29 is 14.3 Å². The molecule has 0 N–H and O–H groups in total. The summed E-state index contributed by atoms with van der Waals surface area (Å²) < 4.78 is 11.3. The van der Waals surface area contributed by atoms with Gasteiger partial charge < -0.3 is 9.47 Å². The zero-order valence-electron chi connectivity index (χ0n) is 12.5. The van der Waals surface area contributed by atoms with E-state index in [4.69, 9.17) is 9.47 Å². The molecule has 1 heterocycles. The van der Waals surface area contributed by atoms with Gasteiger partial charge in [0.15, 0.2) is 0 Å². The summed E-state index contributed by atoms with van der Waals surface area (Å²) in [5.74, 6) is -0.0866. The normalized spacial score (nSPS) is 25.6. The monoisotopic (exact) mass is 278 g/mol. The first-order valence-electron chi connectivity index (χ1n) is 7.40. The lowest BCUT2D eigenvalue weighted by atomic mass is 10.0. The summed E-state index contributed by atoms with van der Waals surface area (Å²) in [6, 6.07) is 0. The predicted molar refractivity (Wildman–Crippen MR) is 81.5 cm³/mol. The van der Waals surface area contributed by atoms with Crippen LogP contribution in [0.5, 0.6) is 0 Å². The number of cyclic esters (lactones) is 1. The summed E-state index contributed by atoms with van der Waals surface area (Å²) in [6.07, 6.45) is 10.8. The Morgan fingerprint density at radius 2 is 2.20 bits per heavy atom. The van der Waals surface area contributed by atoms with Crippen molar-refractivity contribution in [2.75, 3.05) is 6.61 Å². The zero-order valence-corrected chi connectivity index (χ0v) is 12.5. The molecule has 112 valence electrons. The van der Waals surface area contributed by atoms with Gasteiger partial charge in [0.2, 0.25) is 0 Å². The van der Waals surface area contributed by atoms with Gasteiger partial charge in [0, 0.05) is 12.8 Å². The average Bonchev–Trinajstić information content (AvgIpc) is 2.42. The van der Waals surface area contributed by atoms with E-state index in [0.29, 0.717) is 13.0 Å². The highest BCUT2D eigenvalue weighted by Gasteiger charge is 2.18. The van der Waals surface area contributed by atoms with Gasteiger partial charge in [0.25, 0.3) is 0 Å². The van der Waals surface area contributed by atoms with E-state index in [2.05, 4.69) is 13.2 Å². The first kappa shape index (κ1) is 16.7. The second-order valence-corrected chi connectivity index (χ2v) is 5.25. The van der Waals surface area contributed by atoms with Gasteiger partial charge in [-0.2, -0.15) is 0 Å². The van der Waals surface area contributed by atoms with E-state index in [0.717, 1.165) is 37.7 Å². The number of allylic oxidation sites excluding steroid dienone is 2. The van der Waals surface area contributed by atoms with Crippen LogP contribution in [0.1, 0.15) is 45.4 Å². The molecule has 1 rings (SSSR count). The minimum atomic E-state index is -0.0866. The molecule has 1 fully saturated rings. The van der Waals surface area contributed by atoms with Crippen LogP contribution in [0, 0.1) is 0 Å². The zero-order chi connectivity index (χ0) is 14.8. The molecule has 3 heteroatoms. The molecule has 2 unspecified atom stereocenters. The van der Waals surface area contributed by atoms with E-state index in [1.807, 2.05) is 13.0 Å². The third-order valence-corrected chi connectivity index (χ3v) is 3.41. The Kier molecular flexibility index (Phi) is 7.97. The topological polar surface area (TPSA) is 35.5 Å². The summed E-state index contributed by atoms with van der Waals surface area (Å²) >= 11 is 0. The fourth-order valence-electron chi connectivity index (χ4n) is 2.33. The summed E-state index contributed by atoms with van der Waals surface area (Å²) in [5, 5.41) is 0. The van der Waals surface area contributed by atoms with Gasteiger partial charge >= 0.3 is 5.97 Å². The van der Waals surface area contributed by atoms with Gasteiger partial charge in [-0.1, -0.05) is 44.2 Å². The molecule has 0 saturated carbocycles. The molecular formula is C17H26O3. The van der Waals surface area contributed by atoms with Gasteiger partial charge in [-0.15, -0.1) is 0 Å². The van der Waals surface area contributed by atoms with E-state index in [1.165, 1.54) is 0 Å². The fraction of sp³-hybridized carbons (Fsp3) is 0.588. The maximum absolute atomic E-state index is 11.5. The summed E-state index contributed by atoms with van der Waals surface area (Å²) in [5.41, 5.74) is 1.02. The van der Waals surface area contributed by atoms with Crippen molar-refractivity contribution in [1.29, 1.82) is 0 Å². The Hall–Kier alpha value is -1.35. The maximum Gasteiger partial charge on any atom is 0.306 e. The number of carbonyl (C=O) groups excluding carboxylic acids is 1. The molecule has 0 bridgehead atoms. The molecule has 0 radical (unpaired) electrons. The highest BCUT2D eigenvalue weighted by Crippen LogP contribution is 2.18. The number of rotatable bonds is 5. The standard InChI is InChI=1S/C17H26O3/c1-4-9-15(5-2)13-19-16-10-7-6-8-11-17(18)20-14(3)12-16/h4-5,9,14,16H,1-2,6-8,10-13H2,3H3/b15-9+. The third-order valence-electron chi connectivity index (χ3n) is 3.41. The van der Waals surface area contributed by atoms with E-state index in [-0.39, 0.29) is 18.2 Å². The van der Waals surface area contributed by atoms with Crippen molar-refractivity contribution in [3.05, 3.63) is 37.0 Å². The lowest BCUT2D eigenvalue weighted by molar-refractivity contribution is -0.150. The summed E-state index contributed by atoms with van der Waals surface area (Å²) in [6.45, 7) is 9.90. The quantitative estimate of drug-likeness (QED) is 0.564. The number of carbonyl (C=O) groups is 1. The molecule has 0 aromatic rings. The molecule has 1 aliphatic heterocycles. The van der Waals surface area contributed by atoms with Gasteiger partial charge in [-0.3, -0.25) is 4.79 Å². The molecule has 2 atom stereocenters. The van der Waals surface area contributed by atoms with Crippen LogP contribution in [0.3, 0.4) is 0 Å². The SMILES string of the molecule is C=C/C=C(\C=C)COC1CCCCCC(=O)OC(C)C1. The smallest absolute Gasteiger partial charge is 0.306 e. The minimum absolute atomic E-state index is 0.0823. The van der Waals surface area contributed by atoms with Crippen molar-refractivity contribution in [2.24, 2.45) is 0 Å². The van der Waals surface area contributed by atoms with Crippen LogP contribution in [0.2, 0.25) is 0 Å². The van der Waals surface area contributed by atoms with E-state index in [9.17, 15) is 4.79 Å². The Morgan fingerprint density at radius 3 is 2.90 bits per heavy atom. The molecular weight excluding hydrogens is 252 g/mol. The van der Waals surface area contributed by atoms with Crippen molar-refractivity contribution in [1.82, 2.24) is 0 Å². The predicted octanol–water partition coefficient (Wildman–Crippen LogP) is 3.96. The Balaban J connectivity index is 2.51. The van der Waals surface area contributed by atoms with Gasteiger partial charge in [-0.05, 0) is 25.3 Å². The van der Waals surface area contributed by atoms with Crippen LogP contribution in [0.25, 0.3) is 0 Å². The van der Waals surface area contributed by atoms with Crippen LogP contribution < -0.4 is 0 Å². The maximum atomic E-state index is 11.5. The molecule has 0 aromatic heterocycles. The minimum Gasteiger partial charge on any atom is -0.463 e. The second kappa shape index (κ2) is 9.54. The third kappa shape index (κ3) is 6.71. The lowest BCUT2D eigenvalue weighted by Crippen LogP contribution is -2.25. The number of ether oxygens (including phenoxy) is 2. The van der Waals surface area contributed by atoms with E-state index >= 15 is 0 Å². The Labute approximate surface area is 122 Å². The van der Waals surface area contributed by atoms with Gasteiger partial charge in [-0.25, -0.2) is 0 Å². The molecule has 1 aliphatic rings. The molecule has 1 saturated heterocycles. The molecule has 0 amide bonds. The van der Waals surface area contributed by atoms with E-state index < -0.39 is 0 Å². The lowest BCUT2D eigenvalue weighted by Gasteiger charge is -2.23. The first-order valence-corrected chi connectivity index (χ1v) is 7.40. The van der Waals surface area contributed by atoms with Crippen LogP contribution >= 0.6 is 0 Å². The van der Waals surface area contributed by atoms with Crippen LogP contribution in [0.15, 0.2) is 37.0 Å². The number of esters is 1. The highest BCUT2D eigenvalue weighted by molar-refractivity contribution is 5.69. The van der Waals surface area contributed by atoms with Crippen molar-refractivity contribution in [2.45, 2.75) is 57.7 Å². The van der Waals surface area contributed by atoms with E-state index in [1.54, 1.807) is 12.2 Å². The highest BCUT2D eigenvalue weighted by atomic mass is 16.5. The molecule has 0 spiro atoms. The summed E-state index contributed by atoms with van der Waals surface area (Å²) in [7, 11) is 0. The Morgan fingerprint density at radius 1 is 1.40 bits per heavy atom. The van der Waals surface area contributed by atoms with Gasteiger partial charge in [0.05, 0.1) is 12.7 Å². The molecule has 0 aromatic carbocycles. The number of hydrogen-bond acceptors (Lipinski definition) is 3. The van der Waals surface area contributed by atoms with Crippen molar-refractivity contribution in [3.63, 3.8) is 0 Å². The average molecular weight is 278 g/mol. The first-order chi connectivity index (χ1) is 9.65.